The molecular formula is C10H19N. The highest BCUT2D eigenvalue weighted by atomic mass is 14.6. The Balaban J connectivity index is 2.56. The summed E-state index contributed by atoms with van der Waals surface area (Å²) < 4.78 is 0. The van der Waals surface area contributed by atoms with Crippen LogP contribution in [0.4, 0.5) is 0 Å². The van der Waals surface area contributed by atoms with E-state index in [0.717, 1.165) is 11.8 Å². The Bertz CT molecular complexity index is 149. The van der Waals surface area contributed by atoms with Gasteiger partial charge in [0.15, 0.2) is 0 Å². The van der Waals surface area contributed by atoms with Crippen molar-refractivity contribution in [1.29, 1.82) is 0 Å². The third kappa shape index (κ3) is 2.06. The van der Waals surface area contributed by atoms with Crippen molar-refractivity contribution in [2.45, 2.75) is 33.2 Å². The molecule has 0 bridgehead atoms. The first kappa shape index (κ1) is 8.79. The first-order chi connectivity index (χ1) is 5.11. The van der Waals surface area contributed by atoms with E-state index in [1.807, 2.05) is 0 Å². The van der Waals surface area contributed by atoms with Crippen LogP contribution < -0.4 is 5.73 Å². The molecule has 2 N–H and O–H groups in total. The van der Waals surface area contributed by atoms with E-state index in [0.29, 0.717) is 12.0 Å². The van der Waals surface area contributed by atoms with E-state index in [9.17, 15) is 0 Å². The van der Waals surface area contributed by atoms with Crippen LogP contribution in [0.3, 0.4) is 0 Å². The van der Waals surface area contributed by atoms with Crippen LogP contribution in [0.15, 0.2) is 12.2 Å². The topological polar surface area (TPSA) is 26.0 Å². The van der Waals surface area contributed by atoms with Crippen molar-refractivity contribution in [3.05, 3.63) is 12.2 Å². The Kier molecular flexibility index (Phi) is 2.72. The molecule has 0 aromatic heterocycles. The van der Waals surface area contributed by atoms with E-state index < -0.39 is 0 Å². The van der Waals surface area contributed by atoms with Crippen molar-refractivity contribution in [3.8, 4) is 0 Å². The minimum absolute atomic E-state index is 0.296. The lowest BCUT2D eigenvalue weighted by Crippen LogP contribution is -2.31. The maximum Gasteiger partial charge on any atom is 0.0250 e. The highest BCUT2D eigenvalue weighted by Gasteiger charge is 2.21. The van der Waals surface area contributed by atoms with Gasteiger partial charge in [0.05, 0.1) is 0 Å². The van der Waals surface area contributed by atoms with Crippen molar-refractivity contribution < 1.29 is 0 Å². The van der Waals surface area contributed by atoms with Crippen LogP contribution in [0.2, 0.25) is 0 Å². The molecule has 0 saturated heterocycles. The average molecular weight is 153 g/mol. The molecule has 1 nitrogen and oxygen atoms in total. The predicted molar refractivity (Wildman–Crippen MR) is 49.2 cm³/mol. The fourth-order valence-corrected chi connectivity index (χ4v) is 1.62. The minimum atomic E-state index is 0.296. The second kappa shape index (κ2) is 3.40. The molecule has 0 heterocycles. The number of hydrogen-bond donors (Lipinski definition) is 1. The normalized spacial score (nSPS) is 38.1. The Morgan fingerprint density at radius 3 is 2.45 bits per heavy atom. The van der Waals surface area contributed by atoms with Gasteiger partial charge in [0, 0.05) is 6.04 Å². The maximum atomic E-state index is 5.85. The largest absolute Gasteiger partial charge is 0.324 e. The number of nitrogens with two attached hydrogens (primary N) is 1. The van der Waals surface area contributed by atoms with Crippen LogP contribution in [-0.4, -0.2) is 6.04 Å². The monoisotopic (exact) mass is 153 g/mol. The molecule has 1 rings (SSSR count). The minimum Gasteiger partial charge on any atom is -0.324 e. The molecule has 1 unspecified atom stereocenters. The zero-order chi connectivity index (χ0) is 8.43. The van der Waals surface area contributed by atoms with Gasteiger partial charge in [-0.25, -0.2) is 0 Å². The smallest absolute Gasteiger partial charge is 0.0250 e. The molecule has 11 heavy (non-hydrogen) atoms. The van der Waals surface area contributed by atoms with E-state index in [1.165, 1.54) is 6.42 Å². The molecule has 1 aliphatic rings. The van der Waals surface area contributed by atoms with Crippen LogP contribution in [0.25, 0.3) is 0 Å². The molecule has 0 spiro atoms. The standard InChI is InChI=1S/C10H19N/c1-7(2)9-4-5-10(11)8(3)6-9/h4-5,7-10H,6,11H2,1-3H3/t8-,9+,10?/m0/s1. The number of rotatable bonds is 1. The van der Waals surface area contributed by atoms with Crippen molar-refractivity contribution >= 4 is 0 Å². The number of allylic oxidation sites excluding steroid dienone is 1. The van der Waals surface area contributed by atoms with Crippen LogP contribution in [0.5, 0.6) is 0 Å². The van der Waals surface area contributed by atoms with E-state index in [-0.39, 0.29) is 0 Å². The maximum absolute atomic E-state index is 5.85. The lowest BCUT2D eigenvalue weighted by Gasteiger charge is -2.28. The molecule has 0 aromatic carbocycles. The summed E-state index contributed by atoms with van der Waals surface area (Å²) in [7, 11) is 0. The van der Waals surface area contributed by atoms with Crippen LogP contribution in [0.1, 0.15) is 27.2 Å². The van der Waals surface area contributed by atoms with Crippen molar-refractivity contribution in [1.82, 2.24) is 0 Å². The molecule has 64 valence electrons. The van der Waals surface area contributed by atoms with Crippen molar-refractivity contribution in [2.24, 2.45) is 23.5 Å². The molecule has 0 amide bonds. The van der Waals surface area contributed by atoms with Gasteiger partial charge in [-0.3, -0.25) is 0 Å². The quantitative estimate of drug-likeness (QED) is 0.574. The van der Waals surface area contributed by atoms with Crippen LogP contribution >= 0.6 is 0 Å². The Morgan fingerprint density at radius 2 is 2.00 bits per heavy atom. The fraction of sp³-hybridized carbons (Fsp3) is 0.800. The summed E-state index contributed by atoms with van der Waals surface area (Å²) in [5.41, 5.74) is 5.85. The van der Waals surface area contributed by atoms with Crippen LogP contribution in [0, 0.1) is 17.8 Å². The second-order valence-electron chi connectivity index (χ2n) is 4.08. The SMILES string of the molecule is CC(C)[C@@H]1C=CC(N)[C@@H](C)C1. The summed E-state index contributed by atoms with van der Waals surface area (Å²) in [5, 5.41) is 0. The first-order valence-electron chi connectivity index (χ1n) is 4.55. The zero-order valence-electron chi connectivity index (χ0n) is 7.75. The van der Waals surface area contributed by atoms with Gasteiger partial charge in [-0.2, -0.15) is 0 Å². The van der Waals surface area contributed by atoms with E-state index in [2.05, 4.69) is 32.9 Å². The molecular weight excluding hydrogens is 134 g/mol. The van der Waals surface area contributed by atoms with Crippen molar-refractivity contribution in [2.75, 3.05) is 0 Å². The summed E-state index contributed by atoms with van der Waals surface area (Å²) in [6.07, 6.45) is 5.71. The van der Waals surface area contributed by atoms with Gasteiger partial charge in [0.25, 0.3) is 0 Å². The molecule has 1 heteroatoms. The average Bonchev–Trinajstić information content (AvgIpc) is 1.94. The van der Waals surface area contributed by atoms with Gasteiger partial charge in [-0.05, 0) is 24.2 Å². The molecule has 0 radical (unpaired) electrons. The molecule has 3 atom stereocenters. The summed E-state index contributed by atoms with van der Waals surface area (Å²) in [4.78, 5) is 0. The fourth-order valence-electron chi connectivity index (χ4n) is 1.62. The molecule has 0 fully saturated rings. The third-order valence-electron chi connectivity index (χ3n) is 2.74. The Morgan fingerprint density at radius 1 is 1.36 bits per heavy atom. The highest BCUT2D eigenvalue weighted by Crippen LogP contribution is 2.27. The van der Waals surface area contributed by atoms with Crippen LogP contribution in [-0.2, 0) is 0 Å². The van der Waals surface area contributed by atoms with Gasteiger partial charge in [-0.1, -0.05) is 32.9 Å². The summed E-state index contributed by atoms with van der Waals surface area (Å²) in [5.74, 6) is 2.18. The van der Waals surface area contributed by atoms with E-state index in [4.69, 9.17) is 5.73 Å². The first-order valence-corrected chi connectivity index (χ1v) is 4.55. The number of hydrogen-bond acceptors (Lipinski definition) is 1. The highest BCUT2D eigenvalue weighted by molar-refractivity contribution is 5.03. The van der Waals surface area contributed by atoms with Gasteiger partial charge >= 0.3 is 0 Å². The Labute approximate surface area is 69.7 Å². The van der Waals surface area contributed by atoms with Gasteiger partial charge in [0.1, 0.15) is 0 Å². The molecule has 0 aromatic rings. The van der Waals surface area contributed by atoms with E-state index in [1.54, 1.807) is 0 Å². The third-order valence-corrected chi connectivity index (χ3v) is 2.74. The summed E-state index contributed by atoms with van der Waals surface area (Å²) in [6.45, 7) is 6.79. The lowest BCUT2D eigenvalue weighted by atomic mass is 9.79. The zero-order valence-corrected chi connectivity index (χ0v) is 7.75. The summed E-state index contributed by atoms with van der Waals surface area (Å²) in [6, 6.07) is 0.296. The Hall–Kier alpha value is -0.300. The lowest BCUT2D eigenvalue weighted by molar-refractivity contribution is 0.328. The second-order valence-corrected chi connectivity index (χ2v) is 4.08. The summed E-state index contributed by atoms with van der Waals surface area (Å²) >= 11 is 0. The van der Waals surface area contributed by atoms with Crippen molar-refractivity contribution in [3.63, 3.8) is 0 Å². The van der Waals surface area contributed by atoms with Gasteiger partial charge in [-0.15, -0.1) is 0 Å². The van der Waals surface area contributed by atoms with Gasteiger partial charge < -0.3 is 5.73 Å². The van der Waals surface area contributed by atoms with Gasteiger partial charge in [0.2, 0.25) is 0 Å². The predicted octanol–water partition coefficient (Wildman–Crippen LogP) is 2.18. The molecule has 0 aliphatic heterocycles. The van der Waals surface area contributed by atoms with E-state index >= 15 is 0 Å². The molecule has 1 aliphatic carbocycles. The molecule has 0 saturated carbocycles.